The molecule has 1 unspecified atom stereocenters. The van der Waals surface area contributed by atoms with Crippen molar-refractivity contribution in [3.63, 3.8) is 0 Å². The molecule has 0 bridgehead atoms. The number of hydrogen-bond donors (Lipinski definition) is 0. The highest BCUT2D eigenvalue weighted by atomic mass is 14.2. The Kier molecular flexibility index (Phi) is 5.50. The van der Waals surface area contributed by atoms with Gasteiger partial charge in [0, 0.05) is 0 Å². The van der Waals surface area contributed by atoms with Crippen LogP contribution in [0.1, 0.15) is 65.2 Å². The topological polar surface area (TPSA) is 0 Å². The highest BCUT2D eigenvalue weighted by Gasteiger charge is 2.13. The normalized spacial score (nSPS) is 23.3. The smallest absolute Gasteiger partial charge is 0.0352 e. The molecule has 0 heterocycles. The first-order chi connectivity index (χ1) is 6.30. The summed E-state index contributed by atoms with van der Waals surface area (Å²) in [5, 5.41) is 0. The Hall–Kier alpha value is 0. The van der Waals surface area contributed by atoms with Crippen molar-refractivity contribution in [3.05, 3.63) is 6.42 Å². The molecule has 0 spiro atoms. The molecule has 77 valence electrons. The molecule has 1 saturated carbocycles. The molecule has 13 heavy (non-hydrogen) atoms. The zero-order chi connectivity index (χ0) is 9.52. The summed E-state index contributed by atoms with van der Waals surface area (Å²) in [6, 6.07) is 0. The van der Waals surface area contributed by atoms with Gasteiger partial charge in [-0.05, 0) is 31.1 Å². The first kappa shape index (κ1) is 11.1. The summed E-state index contributed by atoms with van der Waals surface area (Å²) in [4.78, 5) is 0. The van der Waals surface area contributed by atoms with Gasteiger partial charge in [0.25, 0.3) is 0 Å². The van der Waals surface area contributed by atoms with Gasteiger partial charge in [-0.15, -0.1) is 0 Å². The summed E-state index contributed by atoms with van der Waals surface area (Å²) in [7, 11) is 0. The highest BCUT2D eigenvalue weighted by Crippen LogP contribution is 2.25. The molecule has 1 atom stereocenters. The predicted molar refractivity (Wildman–Crippen MR) is 59.6 cm³/mol. The van der Waals surface area contributed by atoms with Crippen LogP contribution in [0, 0.1) is 18.3 Å². The van der Waals surface area contributed by atoms with Crippen LogP contribution in [-0.4, -0.2) is 0 Å². The molecule has 0 N–H and O–H groups in total. The van der Waals surface area contributed by atoms with Gasteiger partial charge in [0.15, 0.2) is 0 Å². The van der Waals surface area contributed by atoms with Gasteiger partial charge in [-0.25, -0.2) is 0 Å². The maximum absolute atomic E-state index is 2.59. The minimum Gasteiger partial charge on any atom is -0.0625 e. The zero-order valence-corrected chi connectivity index (χ0v) is 9.39. The van der Waals surface area contributed by atoms with Gasteiger partial charge in [-0.2, -0.15) is 0 Å². The molecule has 1 fully saturated rings. The van der Waals surface area contributed by atoms with E-state index in [2.05, 4.69) is 20.3 Å². The number of rotatable bonds is 1. The third-order valence-electron chi connectivity index (χ3n) is 3.32. The van der Waals surface area contributed by atoms with E-state index in [-0.39, 0.29) is 0 Å². The maximum atomic E-state index is 2.59. The van der Waals surface area contributed by atoms with E-state index in [4.69, 9.17) is 0 Å². The van der Waals surface area contributed by atoms with Crippen LogP contribution in [-0.2, 0) is 0 Å². The summed E-state index contributed by atoms with van der Waals surface area (Å²) in [5.41, 5.74) is 0. The van der Waals surface area contributed by atoms with Crippen LogP contribution in [0.3, 0.4) is 0 Å². The SMILES string of the molecule is CC(C)C1[CH]CCCCCCCC1. The lowest BCUT2D eigenvalue weighted by atomic mass is 9.85. The van der Waals surface area contributed by atoms with Crippen molar-refractivity contribution in [2.24, 2.45) is 11.8 Å². The van der Waals surface area contributed by atoms with Crippen LogP contribution in [0.5, 0.6) is 0 Å². The van der Waals surface area contributed by atoms with Crippen molar-refractivity contribution in [1.82, 2.24) is 0 Å². The van der Waals surface area contributed by atoms with E-state index in [0.29, 0.717) is 0 Å². The fourth-order valence-corrected chi connectivity index (χ4v) is 2.29. The lowest BCUT2D eigenvalue weighted by Crippen LogP contribution is -2.10. The summed E-state index contributed by atoms with van der Waals surface area (Å²) in [5.74, 6) is 1.76. The van der Waals surface area contributed by atoms with E-state index >= 15 is 0 Å². The Morgan fingerprint density at radius 3 is 2.23 bits per heavy atom. The lowest BCUT2D eigenvalue weighted by Gasteiger charge is -2.21. The Bertz CT molecular complexity index is 105. The van der Waals surface area contributed by atoms with Crippen LogP contribution in [0.2, 0.25) is 0 Å². The molecule has 0 amide bonds. The molecule has 1 radical (unpaired) electrons. The molecule has 0 heteroatoms. The third-order valence-corrected chi connectivity index (χ3v) is 3.32. The van der Waals surface area contributed by atoms with Crippen molar-refractivity contribution in [2.45, 2.75) is 65.2 Å². The monoisotopic (exact) mass is 181 g/mol. The molecule has 0 aromatic carbocycles. The van der Waals surface area contributed by atoms with E-state index in [1.54, 1.807) is 0 Å². The fraction of sp³-hybridized carbons (Fsp3) is 0.923. The Morgan fingerprint density at radius 2 is 1.54 bits per heavy atom. The van der Waals surface area contributed by atoms with Gasteiger partial charge < -0.3 is 0 Å². The van der Waals surface area contributed by atoms with Crippen LogP contribution in [0.25, 0.3) is 0 Å². The molecule has 0 saturated heterocycles. The van der Waals surface area contributed by atoms with Gasteiger partial charge in [-0.3, -0.25) is 0 Å². The molecular weight excluding hydrogens is 156 g/mol. The van der Waals surface area contributed by atoms with Crippen molar-refractivity contribution in [1.29, 1.82) is 0 Å². The summed E-state index contributed by atoms with van der Waals surface area (Å²) >= 11 is 0. The molecule has 1 rings (SSSR count). The highest BCUT2D eigenvalue weighted by molar-refractivity contribution is 4.79. The molecule has 0 aliphatic heterocycles. The second-order valence-corrected chi connectivity index (χ2v) is 4.84. The van der Waals surface area contributed by atoms with E-state index in [9.17, 15) is 0 Å². The first-order valence-electron chi connectivity index (χ1n) is 6.14. The molecule has 0 nitrogen and oxygen atoms in total. The van der Waals surface area contributed by atoms with Gasteiger partial charge in [0.2, 0.25) is 0 Å². The van der Waals surface area contributed by atoms with E-state index in [0.717, 1.165) is 11.8 Å². The van der Waals surface area contributed by atoms with Gasteiger partial charge in [0.05, 0.1) is 0 Å². The van der Waals surface area contributed by atoms with E-state index in [1.165, 1.54) is 51.4 Å². The average molecular weight is 181 g/mol. The van der Waals surface area contributed by atoms with E-state index in [1.807, 2.05) is 0 Å². The van der Waals surface area contributed by atoms with Crippen molar-refractivity contribution < 1.29 is 0 Å². The molecule has 1 aliphatic rings. The zero-order valence-electron chi connectivity index (χ0n) is 9.39. The standard InChI is InChI=1S/C13H25/c1-12(2)13-10-8-6-4-3-5-7-9-11-13/h10,12-13H,3-9,11H2,1-2H3. The predicted octanol–water partition coefficient (Wildman–Crippen LogP) is 4.60. The molecule has 1 aliphatic carbocycles. The molecule has 0 aromatic rings. The van der Waals surface area contributed by atoms with Crippen LogP contribution >= 0.6 is 0 Å². The van der Waals surface area contributed by atoms with Crippen molar-refractivity contribution in [2.75, 3.05) is 0 Å². The van der Waals surface area contributed by atoms with Crippen LogP contribution in [0.15, 0.2) is 0 Å². The van der Waals surface area contributed by atoms with E-state index < -0.39 is 0 Å². The van der Waals surface area contributed by atoms with Crippen LogP contribution in [0.4, 0.5) is 0 Å². The first-order valence-corrected chi connectivity index (χ1v) is 6.14. The second kappa shape index (κ2) is 6.45. The largest absolute Gasteiger partial charge is 0.0625 e. The number of hydrogen-bond acceptors (Lipinski definition) is 0. The maximum Gasteiger partial charge on any atom is -0.0352 e. The third kappa shape index (κ3) is 4.69. The second-order valence-electron chi connectivity index (χ2n) is 4.84. The summed E-state index contributed by atoms with van der Waals surface area (Å²) in [6.07, 6.45) is 14.2. The Balaban J connectivity index is 2.26. The minimum absolute atomic E-state index is 0.861. The molecule has 0 aromatic heterocycles. The fourth-order valence-electron chi connectivity index (χ4n) is 2.29. The van der Waals surface area contributed by atoms with Crippen molar-refractivity contribution >= 4 is 0 Å². The van der Waals surface area contributed by atoms with Gasteiger partial charge in [0.1, 0.15) is 0 Å². The summed E-state index contributed by atoms with van der Waals surface area (Å²) < 4.78 is 0. The van der Waals surface area contributed by atoms with Gasteiger partial charge >= 0.3 is 0 Å². The van der Waals surface area contributed by atoms with Crippen LogP contribution < -0.4 is 0 Å². The quantitative estimate of drug-likeness (QED) is 0.554. The minimum atomic E-state index is 0.861. The Morgan fingerprint density at radius 1 is 0.923 bits per heavy atom. The summed E-state index contributed by atoms with van der Waals surface area (Å²) in [6.45, 7) is 4.74. The lowest BCUT2D eigenvalue weighted by molar-refractivity contribution is 0.370. The average Bonchev–Trinajstić information content (AvgIpc) is 2.14. The molecular formula is C13H25. The van der Waals surface area contributed by atoms with Crippen molar-refractivity contribution in [3.8, 4) is 0 Å². The Labute approximate surface area is 84.1 Å². The van der Waals surface area contributed by atoms with Gasteiger partial charge in [-0.1, -0.05) is 52.4 Å².